The van der Waals surface area contributed by atoms with Crippen LogP contribution < -0.4 is 10.6 Å². The number of carbonyl (C=O) groups is 1. The number of aryl methyl sites for hydroxylation is 1. The second-order valence-corrected chi connectivity index (χ2v) is 7.17. The third kappa shape index (κ3) is 3.66. The molecule has 2 rings (SSSR count). The lowest BCUT2D eigenvalue weighted by molar-refractivity contribution is 0.0950. The standard InChI is InChI=1S/C15H23N3OS/c1-4-16-13-8-11(2)17-9-12(13)14(19)18-10-15(3)6-5-7-20-15/h8-9H,4-7,10H2,1-3H3,(H,16,17)(H,18,19). The highest BCUT2D eigenvalue weighted by Crippen LogP contribution is 2.37. The molecule has 110 valence electrons. The van der Waals surface area contributed by atoms with E-state index >= 15 is 0 Å². The van der Waals surface area contributed by atoms with Crippen LogP contribution in [0.1, 0.15) is 42.7 Å². The first-order chi connectivity index (χ1) is 9.54. The smallest absolute Gasteiger partial charge is 0.255 e. The molecular weight excluding hydrogens is 270 g/mol. The van der Waals surface area contributed by atoms with Crippen molar-refractivity contribution in [2.45, 2.75) is 38.4 Å². The zero-order valence-electron chi connectivity index (χ0n) is 12.5. The molecule has 0 aromatic carbocycles. The number of thioether (sulfide) groups is 1. The van der Waals surface area contributed by atoms with Gasteiger partial charge in [0.2, 0.25) is 0 Å². The summed E-state index contributed by atoms with van der Waals surface area (Å²) in [5.74, 6) is 1.16. The van der Waals surface area contributed by atoms with Crippen molar-refractivity contribution in [3.8, 4) is 0 Å². The van der Waals surface area contributed by atoms with E-state index in [-0.39, 0.29) is 10.7 Å². The van der Waals surface area contributed by atoms with E-state index in [1.165, 1.54) is 18.6 Å². The molecule has 1 unspecified atom stereocenters. The van der Waals surface area contributed by atoms with Crippen LogP contribution in [0.4, 0.5) is 5.69 Å². The summed E-state index contributed by atoms with van der Waals surface area (Å²) in [6.45, 7) is 7.68. The van der Waals surface area contributed by atoms with Gasteiger partial charge in [-0.1, -0.05) is 0 Å². The molecule has 0 bridgehead atoms. The fourth-order valence-corrected chi connectivity index (χ4v) is 3.66. The van der Waals surface area contributed by atoms with Crippen LogP contribution in [0.2, 0.25) is 0 Å². The molecule has 20 heavy (non-hydrogen) atoms. The fraction of sp³-hybridized carbons (Fsp3) is 0.600. The molecular formula is C15H23N3OS. The summed E-state index contributed by atoms with van der Waals surface area (Å²) < 4.78 is 0.187. The Bertz CT molecular complexity index is 484. The lowest BCUT2D eigenvalue weighted by Crippen LogP contribution is -2.37. The van der Waals surface area contributed by atoms with Crippen LogP contribution >= 0.6 is 11.8 Å². The second kappa shape index (κ2) is 6.48. The molecule has 1 atom stereocenters. The third-order valence-corrected chi connectivity index (χ3v) is 5.11. The Balaban J connectivity index is 2.05. The number of nitrogens with zero attached hydrogens (tertiary/aromatic N) is 1. The number of amides is 1. The van der Waals surface area contributed by atoms with E-state index in [1.807, 2.05) is 31.7 Å². The Labute approximate surface area is 125 Å². The van der Waals surface area contributed by atoms with Gasteiger partial charge in [0.1, 0.15) is 0 Å². The first kappa shape index (κ1) is 15.2. The van der Waals surface area contributed by atoms with Crippen molar-refractivity contribution in [2.75, 3.05) is 24.2 Å². The summed E-state index contributed by atoms with van der Waals surface area (Å²) in [6.07, 6.45) is 4.07. The molecule has 0 spiro atoms. The van der Waals surface area contributed by atoms with E-state index in [9.17, 15) is 4.79 Å². The largest absolute Gasteiger partial charge is 0.385 e. The van der Waals surface area contributed by atoms with Crippen molar-refractivity contribution in [2.24, 2.45) is 0 Å². The highest BCUT2D eigenvalue weighted by molar-refractivity contribution is 8.00. The number of rotatable bonds is 5. The minimum Gasteiger partial charge on any atom is -0.385 e. The quantitative estimate of drug-likeness (QED) is 0.876. The molecule has 2 N–H and O–H groups in total. The molecule has 0 saturated carbocycles. The average Bonchev–Trinajstić information content (AvgIpc) is 2.84. The van der Waals surface area contributed by atoms with Gasteiger partial charge in [-0.15, -0.1) is 0 Å². The zero-order valence-corrected chi connectivity index (χ0v) is 13.3. The number of pyridine rings is 1. The number of nitrogens with one attached hydrogen (secondary N) is 2. The van der Waals surface area contributed by atoms with Crippen LogP contribution in [0, 0.1) is 6.92 Å². The lowest BCUT2D eigenvalue weighted by Gasteiger charge is -2.23. The predicted molar refractivity (Wildman–Crippen MR) is 85.6 cm³/mol. The topological polar surface area (TPSA) is 54.0 Å². The van der Waals surface area contributed by atoms with Gasteiger partial charge in [0.15, 0.2) is 0 Å². The zero-order chi connectivity index (χ0) is 14.6. The maximum atomic E-state index is 12.4. The Morgan fingerprint density at radius 3 is 3.00 bits per heavy atom. The Hall–Kier alpha value is -1.23. The SMILES string of the molecule is CCNc1cc(C)ncc1C(=O)NCC1(C)CCCS1. The summed E-state index contributed by atoms with van der Waals surface area (Å²) in [5, 5.41) is 6.29. The van der Waals surface area contributed by atoms with Crippen LogP contribution in [-0.4, -0.2) is 34.5 Å². The summed E-state index contributed by atoms with van der Waals surface area (Å²) in [4.78, 5) is 16.6. The number of carbonyl (C=O) groups excluding carboxylic acids is 1. The van der Waals surface area contributed by atoms with E-state index in [2.05, 4.69) is 22.5 Å². The molecule has 1 amide bonds. The van der Waals surface area contributed by atoms with E-state index < -0.39 is 0 Å². The van der Waals surface area contributed by atoms with Crippen molar-refractivity contribution < 1.29 is 4.79 Å². The lowest BCUT2D eigenvalue weighted by atomic mass is 10.1. The molecule has 1 aliphatic heterocycles. The van der Waals surface area contributed by atoms with Crippen molar-refractivity contribution in [1.82, 2.24) is 10.3 Å². The highest BCUT2D eigenvalue weighted by atomic mass is 32.2. The van der Waals surface area contributed by atoms with Gasteiger partial charge < -0.3 is 10.6 Å². The van der Waals surface area contributed by atoms with Gasteiger partial charge >= 0.3 is 0 Å². The van der Waals surface area contributed by atoms with Crippen LogP contribution in [0.5, 0.6) is 0 Å². The van der Waals surface area contributed by atoms with E-state index in [0.29, 0.717) is 5.56 Å². The maximum Gasteiger partial charge on any atom is 0.255 e. The van der Waals surface area contributed by atoms with Crippen LogP contribution in [0.15, 0.2) is 12.3 Å². The van der Waals surface area contributed by atoms with Gasteiger partial charge in [-0.25, -0.2) is 0 Å². The predicted octanol–water partition coefficient (Wildman–Crippen LogP) is 2.84. The Kier molecular flexibility index (Phi) is 4.91. The summed E-state index contributed by atoms with van der Waals surface area (Å²) in [7, 11) is 0. The molecule has 4 nitrogen and oxygen atoms in total. The van der Waals surface area contributed by atoms with Crippen molar-refractivity contribution in [1.29, 1.82) is 0 Å². The molecule has 5 heteroatoms. The summed E-state index contributed by atoms with van der Waals surface area (Å²) in [6, 6.07) is 1.92. The molecule has 0 radical (unpaired) electrons. The Morgan fingerprint density at radius 2 is 2.35 bits per heavy atom. The minimum atomic E-state index is -0.0397. The van der Waals surface area contributed by atoms with E-state index in [0.717, 1.165) is 24.5 Å². The van der Waals surface area contributed by atoms with Crippen molar-refractivity contribution in [3.05, 3.63) is 23.5 Å². The molecule has 1 fully saturated rings. The number of hydrogen-bond donors (Lipinski definition) is 2. The van der Waals surface area contributed by atoms with Gasteiger partial charge in [0.05, 0.1) is 11.3 Å². The van der Waals surface area contributed by atoms with Crippen LogP contribution in [0.3, 0.4) is 0 Å². The normalized spacial score (nSPS) is 21.8. The van der Waals surface area contributed by atoms with Crippen molar-refractivity contribution >= 4 is 23.4 Å². The van der Waals surface area contributed by atoms with Gasteiger partial charge in [-0.2, -0.15) is 11.8 Å². The van der Waals surface area contributed by atoms with Crippen LogP contribution in [-0.2, 0) is 0 Å². The third-order valence-electron chi connectivity index (χ3n) is 3.58. The number of anilines is 1. The molecule has 1 aromatic rings. The van der Waals surface area contributed by atoms with Gasteiger partial charge in [-0.05, 0) is 45.4 Å². The second-order valence-electron chi connectivity index (χ2n) is 5.49. The summed E-state index contributed by atoms with van der Waals surface area (Å²) >= 11 is 1.95. The maximum absolute atomic E-state index is 12.4. The first-order valence-electron chi connectivity index (χ1n) is 7.17. The highest BCUT2D eigenvalue weighted by Gasteiger charge is 2.30. The number of aromatic nitrogens is 1. The monoisotopic (exact) mass is 293 g/mol. The number of hydrogen-bond acceptors (Lipinski definition) is 4. The fourth-order valence-electron chi connectivity index (χ4n) is 2.42. The summed E-state index contributed by atoms with van der Waals surface area (Å²) in [5.41, 5.74) is 2.40. The first-order valence-corrected chi connectivity index (χ1v) is 8.15. The minimum absolute atomic E-state index is 0.0397. The van der Waals surface area contributed by atoms with Crippen molar-refractivity contribution in [3.63, 3.8) is 0 Å². The van der Waals surface area contributed by atoms with Gasteiger partial charge in [0, 0.05) is 29.7 Å². The Morgan fingerprint density at radius 1 is 1.55 bits per heavy atom. The molecule has 1 aliphatic rings. The molecule has 1 saturated heterocycles. The molecule has 0 aliphatic carbocycles. The van der Waals surface area contributed by atoms with E-state index in [1.54, 1.807) is 6.20 Å². The van der Waals surface area contributed by atoms with E-state index in [4.69, 9.17) is 0 Å². The average molecular weight is 293 g/mol. The molecule has 2 heterocycles. The van der Waals surface area contributed by atoms with Gasteiger partial charge in [-0.3, -0.25) is 9.78 Å². The van der Waals surface area contributed by atoms with Crippen LogP contribution in [0.25, 0.3) is 0 Å². The molecule has 1 aromatic heterocycles. The van der Waals surface area contributed by atoms with Gasteiger partial charge in [0.25, 0.3) is 5.91 Å².